The first kappa shape index (κ1) is 13.7. The highest BCUT2D eigenvalue weighted by Gasteiger charge is 2.32. The molecular weight excluding hydrogens is 364 g/mol. The highest BCUT2D eigenvalue weighted by atomic mass is 79.9. The van der Waals surface area contributed by atoms with E-state index in [9.17, 15) is 25.0 Å². The maximum atomic E-state index is 11.7. The molecule has 7 nitrogen and oxygen atoms in total. The number of carbonyl (C=O) groups is 1. The molecule has 0 aliphatic carbocycles. The van der Waals surface area contributed by atoms with E-state index in [1.165, 1.54) is 0 Å². The van der Waals surface area contributed by atoms with Crippen LogP contribution in [0.2, 0.25) is 0 Å². The first-order valence-corrected chi connectivity index (χ1v) is 5.93. The number of alkyl halides is 2. The van der Waals surface area contributed by atoms with Gasteiger partial charge in [-0.15, -0.1) is 0 Å². The molecule has 0 aromatic heterocycles. The zero-order valence-electron chi connectivity index (χ0n) is 8.00. The lowest BCUT2D eigenvalue weighted by Gasteiger charge is -2.03. The molecule has 0 saturated heterocycles. The lowest BCUT2D eigenvalue weighted by molar-refractivity contribution is -0.394. The van der Waals surface area contributed by atoms with Gasteiger partial charge in [0.15, 0.2) is 5.56 Å². The van der Waals surface area contributed by atoms with Crippen LogP contribution in [-0.2, 0) is 0 Å². The Kier molecular flexibility index (Phi) is 4.29. The largest absolute Gasteiger partial charge is 0.291 e. The number of benzene rings is 1. The highest BCUT2D eigenvalue weighted by molar-refractivity contribution is 9.25. The quantitative estimate of drug-likeness (QED) is 0.352. The first-order chi connectivity index (χ1) is 7.86. The number of nitro benzene ring substituents is 2. The highest BCUT2D eigenvalue weighted by Crippen LogP contribution is 2.31. The van der Waals surface area contributed by atoms with Gasteiger partial charge in [0, 0.05) is 12.1 Å². The van der Waals surface area contributed by atoms with Crippen LogP contribution < -0.4 is 0 Å². The van der Waals surface area contributed by atoms with E-state index in [4.69, 9.17) is 0 Å². The van der Waals surface area contributed by atoms with E-state index in [1.54, 1.807) is 0 Å². The Hall–Kier alpha value is -1.35. The molecule has 0 fully saturated rings. The molecule has 1 rings (SSSR count). The number of nitro groups is 2. The van der Waals surface area contributed by atoms with Gasteiger partial charge in [-0.05, 0) is 6.07 Å². The van der Waals surface area contributed by atoms with E-state index in [-0.39, 0.29) is 0 Å². The zero-order chi connectivity index (χ0) is 13.2. The monoisotopic (exact) mass is 366 g/mol. The normalized spacial score (nSPS) is 10.3. The first-order valence-electron chi connectivity index (χ1n) is 4.10. The van der Waals surface area contributed by atoms with Crippen molar-refractivity contribution in [3.8, 4) is 0 Å². The average molecular weight is 368 g/mol. The third-order valence-corrected chi connectivity index (χ3v) is 2.69. The molecule has 0 bridgehead atoms. The molecule has 90 valence electrons. The van der Waals surface area contributed by atoms with Crippen molar-refractivity contribution in [3.63, 3.8) is 0 Å². The average Bonchev–Trinajstić information content (AvgIpc) is 2.26. The van der Waals surface area contributed by atoms with Crippen molar-refractivity contribution in [1.82, 2.24) is 0 Å². The minimum Gasteiger partial charge on any atom is -0.291 e. The molecule has 1 aromatic carbocycles. The predicted octanol–water partition coefficient (Wildman–Crippen LogP) is 2.80. The van der Waals surface area contributed by atoms with Gasteiger partial charge < -0.3 is 0 Å². The van der Waals surface area contributed by atoms with Crippen molar-refractivity contribution in [2.24, 2.45) is 0 Å². The number of rotatable bonds is 4. The minimum atomic E-state index is -0.921. The van der Waals surface area contributed by atoms with Crippen LogP contribution in [0.25, 0.3) is 0 Å². The van der Waals surface area contributed by atoms with Crippen LogP contribution >= 0.6 is 31.9 Å². The van der Waals surface area contributed by atoms with Crippen LogP contribution in [0.1, 0.15) is 10.4 Å². The third kappa shape index (κ3) is 2.86. The Labute approximate surface area is 111 Å². The van der Waals surface area contributed by atoms with E-state index in [2.05, 4.69) is 31.9 Å². The second kappa shape index (κ2) is 5.32. The van der Waals surface area contributed by atoms with Crippen LogP contribution in [0.15, 0.2) is 18.2 Å². The van der Waals surface area contributed by atoms with Gasteiger partial charge in [0.2, 0.25) is 5.78 Å². The SMILES string of the molecule is O=C(c1c([N+](=O)[O-])cccc1[N+](=O)[O-])C(Br)Br. The second-order valence-electron chi connectivity index (χ2n) is 2.85. The maximum absolute atomic E-state index is 11.7. The summed E-state index contributed by atoms with van der Waals surface area (Å²) < 4.78 is -0.921. The van der Waals surface area contributed by atoms with Crippen molar-refractivity contribution in [1.29, 1.82) is 0 Å². The van der Waals surface area contributed by atoms with Crippen LogP contribution in [0, 0.1) is 20.2 Å². The number of nitrogens with zero attached hydrogens (tertiary/aromatic N) is 2. The summed E-state index contributed by atoms with van der Waals surface area (Å²) in [5, 5.41) is 21.4. The molecular formula is C8H4Br2N2O5. The number of Topliss-reactive ketones (excluding diaryl/α,β-unsaturated/α-hetero) is 1. The van der Waals surface area contributed by atoms with Gasteiger partial charge in [-0.25, -0.2) is 0 Å². The molecule has 0 aliphatic heterocycles. The Bertz CT molecular complexity index is 470. The summed E-state index contributed by atoms with van der Waals surface area (Å²) in [5.74, 6) is -0.774. The van der Waals surface area contributed by atoms with E-state index in [0.717, 1.165) is 18.2 Å². The van der Waals surface area contributed by atoms with Gasteiger partial charge in [0.05, 0.1) is 9.85 Å². The van der Waals surface area contributed by atoms with Crippen molar-refractivity contribution in [2.45, 2.75) is 3.74 Å². The molecule has 0 spiro atoms. The Morgan fingerprint density at radius 2 is 1.53 bits per heavy atom. The van der Waals surface area contributed by atoms with Crippen LogP contribution in [0.3, 0.4) is 0 Å². The Balaban J connectivity index is 3.55. The summed E-state index contributed by atoms with van der Waals surface area (Å²) in [6.45, 7) is 0. The fraction of sp³-hybridized carbons (Fsp3) is 0.125. The summed E-state index contributed by atoms with van der Waals surface area (Å²) in [5.41, 5.74) is -1.71. The Morgan fingerprint density at radius 3 is 1.82 bits per heavy atom. The van der Waals surface area contributed by atoms with Crippen LogP contribution in [0.5, 0.6) is 0 Å². The topological polar surface area (TPSA) is 103 Å². The van der Waals surface area contributed by atoms with Gasteiger partial charge in [0.25, 0.3) is 11.4 Å². The third-order valence-electron chi connectivity index (χ3n) is 1.86. The minimum absolute atomic E-state index is 0.527. The van der Waals surface area contributed by atoms with Crippen molar-refractivity contribution >= 4 is 49.0 Å². The van der Waals surface area contributed by atoms with E-state index in [1.807, 2.05) is 0 Å². The molecule has 0 radical (unpaired) electrons. The molecule has 0 amide bonds. The molecule has 9 heteroatoms. The molecule has 0 heterocycles. The molecule has 0 atom stereocenters. The second-order valence-corrected chi connectivity index (χ2v) is 5.91. The smallest absolute Gasteiger partial charge is 0.287 e. The van der Waals surface area contributed by atoms with Crippen molar-refractivity contribution in [3.05, 3.63) is 44.0 Å². The van der Waals surface area contributed by atoms with E-state index in [0.29, 0.717) is 0 Å². The van der Waals surface area contributed by atoms with Gasteiger partial charge in [-0.1, -0.05) is 31.9 Å². The summed E-state index contributed by atoms with van der Waals surface area (Å²) in [7, 11) is 0. The number of halogens is 2. The van der Waals surface area contributed by atoms with Crippen molar-refractivity contribution < 1.29 is 14.6 Å². The summed E-state index contributed by atoms with van der Waals surface area (Å²) in [4.78, 5) is 31.5. The fourth-order valence-corrected chi connectivity index (χ4v) is 1.65. The Morgan fingerprint density at radius 1 is 1.12 bits per heavy atom. The van der Waals surface area contributed by atoms with Gasteiger partial charge in [0.1, 0.15) is 3.74 Å². The molecule has 1 aromatic rings. The van der Waals surface area contributed by atoms with Gasteiger partial charge in [-0.3, -0.25) is 25.0 Å². The zero-order valence-corrected chi connectivity index (χ0v) is 11.2. The van der Waals surface area contributed by atoms with Crippen molar-refractivity contribution in [2.75, 3.05) is 0 Å². The standard InChI is InChI=1S/C8H4Br2N2O5/c9-8(10)7(13)6-4(11(14)15)2-1-3-5(6)12(16)17/h1-3,8H. The fourth-order valence-electron chi connectivity index (χ4n) is 1.19. The summed E-state index contributed by atoms with van der Waals surface area (Å²) in [6, 6.07) is 3.25. The van der Waals surface area contributed by atoms with Gasteiger partial charge in [-0.2, -0.15) is 0 Å². The van der Waals surface area contributed by atoms with Gasteiger partial charge >= 0.3 is 0 Å². The molecule has 17 heavy (non-hydrogen) atoms. The number of hydrogen-bond acceptors (Lipinski definition) is 5. The maximum Gasteiger partial charge on any atom is 0.287 e. The van der Waals surface area contributed by atoms with Crippen LogP contribution in [-0.4, -0.2) is 19.4 Å². The van der Waals surface area contributed by atoms with Crippen LogP contribution in [0.4, 0.5) is 11.4 Å². The van der Waals surface area contributed by atoms with E-state index < -0.39 is 36.3 Å². The van der Waals surface area contributed by atoms with E-state index >= 15 is 0 Å². The number of hydrogen-bond donors (Lipinski definition) is 0. The number of carbonyl (C=O) groups excluding carboxylic acids is 1. The summed E-state index contributed by atoms with van der Waals surface area (Å²) in [6.07, 6.45) is 0. The lowest BCUT2D eigenvalue weighted by Crippen LogP contribution is -2.12. The molecule has 0 aliphatic rings. The molecule has 0 saturated carbocycles. The molecule has 0 N–H and O–H groups in total. The molecule has 0 unspecified atom stereocenters. The predicted molar refractivity (Wildman–Crippen MR) is 65.7 cm³/mol. The lowest BCUT2D eigenvalue weighted by atomic mass is 10.1. The number of ketones is 1. The summed E-state index contributed by atoms with van der Waals surface area (Å²) >= 11 is 5.73.